The number of hydrogen-bond donors (Lipinski definition) is 0. The second-order valence-electron chi connectivity index (χ2n) is 4.85. The van der Waals surface area contributed by atoms with Gasteiger partial charge in [0, 0.05) is 25.0 Å². The van der Waals surface area contributed by atoms with Crippen molar-refractivity contribution >= 4 is 11.4 Å². The highest BCUT2D eigenvalue weighted by molar-refractivity contribution is 5.87. The third-order valence-corrected chi connectivity index (χ3v) is 3.59. The molecule has 3 aromatic rings. The van der Waals surface area contributed by atoms with Crippen LogP contribution in [0.1, 0.15) is 0 Å². The molecule has 1 aromatic heterocycles. The molecule has 2 heterocycles. The predicted octanol–water partition coefficient (Wildman–Crippen LogP) is 4.02. The first-order chi connectivity index (χ1) is 10.3. The van der Waals surface area contributed by atoms with Crippen LogP contribution in [0.5, 0.6) is 11.5 Å². The van der Waals surface area contributed by atoms with Crippen LogP contribution in [0.4, 0.5) is 11.4 Å². The van der Waals surface area contributed by atoms with Crippen molar-refractivity contribution < 1.29 is 4.74 Å². The van der Waals surface area contributed by atoms with Crippen LogP contribution in [-0.4, -0.2) is 17.0 Å². The minimum Gasteiger partial charge on any atom is -0.453 e. The molecule has 0 atom stereocenters. The zero-order valence-corrected chi connectivity index (χ0v) is 11.5. The number of para-hydroxylation sites is 3. The average Bonchev–Trinajstić information content (AvgIpc) is 2.55. The molecular weight excluding hydrogens is 262 g/mol. The molecule has 0 unspecified atom stereocenters. The van der Waals surface area contributed by atoms with Crippen molar-refractivity contribution in [1.82, 2.24) is 9.97 Å². The first-order valence-electron chi connectivity index (χ1n) is 6.75. The molecule has 4 rings (SSSR count). The van der Waals surface area contributed by atoms with Gasteiger partial charge in [-0.3, -0.25) is 0 Å². The van der Waals surface area contributed by atoms with Crippen molar-refractivity contribution in [3.63, 3.8) is 0 Å². The number of hydrogen-bond acceptors (Lipinski definition) is 4. The summed E-state index contributed by atoms with van der Waals surface area (Å²) >= 11 is 0. The van der Waals surface area contributed by atoms with Gasteiger partial charge in [0.2, 0.25) is 0 Å². The Morgan fingerprint density at radius 3 is 2.48 bits per heavy atom. The first kappa shape index (κ1) is 11.9. The standard InChI is InChI=1S/C17H13N3O/c1-20-13-7-2-3-8-14(13)21-15-9-4-6-12(16(15)20)17-18-10-5-11-19-17/h2-11H,1H3. The van der Waals surface area contributed by atoms with Gasteiger partial charge in [0.1, 0.15) is 0 Å². The van der Waals surface area contributed by atoms with Gasteiger partial charge in [0.05, 0.1) is 11.4 Å². The van der Waals surface area contributed by atoms with E-state index >= 15 is 0 Å². The van der Waals surface area contributed by atoms with Crippen LogP contribution >= 0.6 is 0 Å². The largest absolute Gasteiger partial charge is 0.453 e. The van der Waals surface area contributed by atoms with Gasteiger partial charge in [-0.1, -0.05) is 18.2 Å². The Kier molecular flexibility index (Phi) is 2.60. The van der Waals surface area contributed by atoms with Gasteiger partial charge in [0.15, 0.2) is 17.3 Å². The zero-order valence-electron chi connectivity index (χ0n) is 11.5. The lowest BCUT2D eigenvalue weighted by atomic mass is 10.1. The van der Waals surface area contributed by atoms with Gasteiger partial charge in [0.25, 0.3) is 0 Å². The first-order valence-corrected chi connectivity index (χ1v) is 6.75. The fourth-order valence-electron chi connectivity index (χ4n) is 2.63. The lowest BCUT2D eigenvalue weighted by Gasteiger charge is -2.31. The Hall–Kier alpha value is -2.88. The van der Waals surface area contributed by atoms with E-state index in [1.165, 1.54) is 0 Å². The number of nitrogens with zero attached hydrogens (tertiary/aromatic N) is 3. The van der Waals surface area contributed by atoms with Crippen molar-refractivity contribution in [1.29, 1.82) is 0 Å². The Morgan fingerprint density at radius 2 is 1.62 bits per heavy atom. The van der Waals surface area contributed by atoms with Gasteiger partial charge in [-0.05, 0) is 30.3 Å². The van der Waals surface area contributed by atoms with Crippen molar-refractivity contribution in [2.75, 3.05) is 11.9 Å². The highest BCUT2D eigenvalue weighted by Gasteiger charge is 2.25. The van der Waals surface area contributed by atoms with E-state index in [2.05, 4.69) is 14.9 Å². The summed E-state index contributed by atoms with van der Waals surface area (Å²) in [5, 5.41) is 0. The van der Waals surface area contributed by atoms with E-state index in [0.717, 1.165) is 28.4 Å². The quantitative estimate of drug-likeness (QED) is 0.672. The van der Waals surface area contributed by atoms with E-state index in [1.54, 1.807) is 12.4 Å². The normalized spacial score (nSPS) is 12.3. The number of ether oxygens (including phenoxy) is 1. The smallest absolute Gasteiger partial charge is 0.161 e. The van der Waals surface area contributed by atoms with E-state index < -0.39 is 0 Å². The molecule has 0 saturated carbocycles. The predicted molar refractivity (Wildman–Crippen MR) is 82.0 cm³/mol. The highest BCUT2D eigenvalue weighted by Crippen LogP contribution is 2.49. The van der Waals surface area contributed by atoms with E-state index in [0.29, 0.717) is 5.82 Å². The number of aromatic nitrogens is 2. The zero-order chi connectivity index (χ0) is 14.2. The fourth-order valence-corrected chi connectivity index (χ4v) is 2.63. The molecule has 0 spiro atoms. The van der Waals surface area contributed by atoms with E-state index in [1.807, 2.05) is 55.6 Å². The Morgan fingerprint density at radius 1 is 0.857 bits per heavy atom. The second kappa shape index (κ2) is 4.59. The minimum absolute atomic E-state index is 0.698. The molecule has 0 saturated heterocycles. The summed E-state index contributed by atoms with van der Waals surface area (Å²) < 4.78 is 6.01. The van der Waals surface area contributed by atoms with Crippen molar-refractivity contribution in [2.45, 2.75) is 0 Å². The van der Waals surface area contributed by atoms with E-state index in [4.69, 9.17) is 4.74 Å². The second-order valence-corrected chi connectivity index (χ2v) is 4.85. The van der Waals surface area contributed by atoms with E-state index in [9.17, 15) is 0 Å². The molecule has 4 heteroatoms. The third kappa shape index (κ3) is 1.84. The maximum Gasteiger partial charge on any atom is 0.161 e. The number of benzene rings is 2. The molecule has 102 valence electrons. The molecule has 0 amide bonds. The number of rotatable bonds is 1. The monoisotopic (exact) mass is 275 g/mol. The molecule has 0 N–H and O–H groups in total. The van der Waals surface area contributed by atoms with Gasteiger partial charge < -0.3 is 9.64 Å². The van der Waals surface area contributed by atoms with Crippen LogP contribution in [0.25, 0.3) is 11.4 Å². The molecule has 1 aliphatic heterocycles. The van der Waals surface area contributed by atoms with Crippen LogP contribution in [0.2, 0.25) is 0 Å². The van der Waals surface area contributed by atoms with Crippen molar-refractivity contribution in [3.05, 3.63) is 60.9 Å². The van der Waals surface area contributed by atoms with Crippen LogP contribution in [0.3, 0.4) is 0 Å². The summed E-state index contributed by atoms with van der Waals surface area (Å²) in [7, 11) is 2.03. The molecule has 4 nitrogen and oxygen atoms in total. The Balaban J connectivity index is 1.93. The molecule has 2 aromatic carbocycles. The van der Waals surface area contributed by atoms with Gasteiger partial charge in [-0.15, -0.1) is 0 Å². The maximum absolute atomic E-state index is 6.01. The van der Waals surface area contributed by atoms with Crippen LogP contribution < -0.4 is 9.64 Å². The Labute approximate surface area is 122 Å². The molecule has 0 fully saturated rings. The summed E-state index contributed by atoms with van der Waals surface area (Å²) in [5.41, 5.74) is 2.99. The summed E-state index contributed by atoms with van der Waals surface area (Å²) in [5.74, 6) is 2.38. The fraction of sp³-hybridized carbons (Fsp3) is 0.0588. The number of anilines is 2. The van der Waals surface area contributed by atoms with Crippen molar-refractivity contribution in [2.24, 2.45) is 0 Å². The topological polar surface area (TPSA) is 38.2 Å². The Bertz CT molecular complexity index is 802. The molecule has 0 bridgehead atoms. The van der Waals surface area contributed by atoms with Crippen LogP contribution in [-0.2, 0) is 0 Å². The summed E-state index contributed by atoms with van der Waals surface area (Å²) in [6.45, 7) is 0. The summed E-state index contributed by atoms with van der Waals surface area (Å²) in [6.07, 6.45) is 3.50. The van der Waals surface area contributed by atoms with Gasteiger partial charge in [-0.2, -0.15) is 0 Å². The summed E-state index contributed by atoms with van der Waals surface area (Å²) in [4.78, 5) is 10.8. The lowest BCUT2D eigenvalue weighted by molar-refractivity contribution is 0.476. The van der Waals surface area contributed by atoms with Crippen LogP contribution in [0, 0.1) is 0 Å². The van der Waals surface area contributed by atoms with Crippen LogP contribution in [0.15, 0.2) is 60.9 Å². The minimum atomic E-state index is 0.698. The molecule has 1 aliphatic rings. The molecule has 0 aliphatic carbocycles. The van der Waals surface area contributed by atoms with Gasteiger partial charge >= 0.3 is 0 Å². The van der Waals surface area contributed by atoms with Crippen molar-refractivity contribution in [3.8, 4) is 22.9 Å². The van der Waals surface area contributed by atoms with E-state index in [-0.39, 0.29) is 0 Å². The lowest BCUT2D eigenvalue weighted by Crippen LogP contribution is -2.16. The molecular formula is C17H13N3O. The summed E-state index contributed by atoms with van der Waals surface area (Å²) in [6, 6.07) is 15.8. The molecule has 21 heavy (non-hydrogen) atoms. The average molecular weight is 275 g/mol. The number of fused-ring (bicyclic) bond motifs is 2. The SMILES string of the molecule is CN1c2ccccc2Oc2cccc(-c3ncccn3)c21. The van der Waals surface area contributed by atoms with Gasteiger partial charge in [-0.25, -0.2) is 9.97 Å². The maximum atomic E-state index is 6.01. The third-order valence-electron chi connectivity index (χ3n) is 3.59. The molecule has 0 radical (unpaired) electrons. The highest BCUT2D eigenvalue weighted by atomic mass is 16.5.